The second kappa shape index (κ2) is 6.81. The Morgan fingerprint density at radius 3 is 2.89 bits per heavy atom. The molecular formula is C12H16N4O3. The number of rotatable bonds is 7. The lowest BCUT2D eigenvalue weighted by Gasteiger charge is -1.99. The number of pyridine rings is 1. The summed E-state index contributed by atoms with van der Waals surface area (Å²) in [5.41, 5.74) is 6.76. The summed E-state index contributed by atoms with van der Waals surface area (Å²) in [5, 5.41) is 3.86. The lowest BCUT2D eigenvalue weighted by Crippen LogP contribution is -2.05. The first-order valence-corrected chi connectivity index (χ1v) is 5.91. The number of hydrogen-bond acceptors (Lipinski definition) is 7. The van der Waals surface area contributed by atoms with Crippen LogP contribution in [0.3, 0.4) is 0 Å². The minimum absolute atomic E-state index is 0.381. The molecule has 0 fully saturated rings. The smallest absolute Gasteiger partial charge is 0.276 e. The summed E-state index contributed by atoms with van der Waals surface area (Å²) in [6.07, 6.45) is 2.13. The maximum atomic E-state index is 5.56. The fourth-order valence-corrected chi connectivity index (χ4v) is 1.40. The highest BCUT2D eigenvalue weighted by atomic mass is 16.5. The summed E-state index contributed by atoms with van der Waals surface area (Å²) >= 11 is 0. The minimum Gasteiger partial charge on any atom is -0.397 e. The molecule has 2 N–H and O–H groups in total. The number of aromatic nitrogens is 3. The number of nitrogens with two attached hydrogens (primary N) is 1. The van der Waals surface area contributed by atoms with Gasteiger partial charge in [-0.3, -0.25) is 0 Å². The van der Waals surface area contributed by atoms with Gasteiger partial charge in [-0.1, -0.05) is 5.16 Å². The van der Waals surface area contributed by atoms with E-state index in [1.54, 1.807) is 25.4 Å². The summed E-state index contributed by atoms with van der Waals surface area (Å²) in [6, 6.07) is 3.47. The highest BCUT2D eigenvalue weighted by Crippen LogP contribution is 2.15. The Balaban J connectivity index is 1.86. The van der Waals surface area contributed by atoms with Gasteiger partial charge in [0.1, 0.15) is 5.69 Å². The first kappa shape index (κ1) is 13.4. The molecular weight excluding hydrogens is 248 g/mol. The maximum absolute atomic E-state index is 5.56. The quantitative estimate of drug-likeness (QED) is 0.742. The van der Waals surface area contributed by atoms with Crippen molar-refractivity contribution in [3.8, 4) is 11.6 Å². The summed E-state index contributed by atoms with van der Waals surface area (Å²) < 4.78 is 15.3. The number of nitrogen functional groups attached to an aromatic ring is 1. The zero-order valence-corrected chi connectivity index (χ0v) is 10.7. The highest BCUT2D eigenvalue weighted by Gasteiger charge is 2.09. The van der Waals surface area contributed by atoms with Gasteiger partial charge in [0.05, 0.1) is 31.7 Å². The Kier molecular flexibility index (Phi) is 4.82. The van der Waals surface area contributed by atoms with Gasteiger partial charge in [-0.25, -0.2) is 4.98 Å². The van der Waals surface area contributed by atoms with E-state index in [1.165, 1.54) is 0 Å². The van der Waals surface area contributed by atoms with Gasteiger partial charge in [0, 0.05) is 13.5 Å². The summed E-state index contributed by atoms with van der Waals surface area (Å²) in [6.45, 7) is 1.66. The van der Waals surface area contributed by atoms with Gasteiger partial charge < -0.3 is 19.7 Å². The van der Waals surface area contributed by atoms with Gasteiger partial charge in [-0.15, -0.1) is 0 Å². The third-order valence-corrected chi connectivity index (χ3v) is 2.38. The van der Waals surface area contributed by atoms with Crippen molar-refractivity contribution >= 4 is 5.69 Å². The van der Waals surface area contributed by atoms with Crippen molar-refractivity contribution in [1.29, 1.82) is 0 Å². The Labute approximate surface area is 110 Å². The molecule has 0 radical (unpaired) electrons. The monoisotopic (exact) mass is 264 g/mol. The predicted molar refractivity (Wildman–Crippen MR) is 68.3 cm³/mol. The Hall–Kier alpha value is -1.99. The third-order valence-electron chi connectivity index (χ3n) is 2.38. The van der Waals surface area contributed by atoms with E-state index in [0.717, 1.165) is 0 Å². The van der Waals surface area contributed by atoms with Crippen LogP contribution in [0.1, 0.15) is 5.82 Å². The molecule has 0 saturated heterocycles. The van der Waals surface area contributed by atoms with E-state index < -0.39 is 0 Å². The molecule has 0 atom stereocenters. The first-order valence-electron chi connectivity index (χ1n) is 5.91. The van der Waals surface area contributed by atoms with Crippen molar-refractivity contribution in [1.82, 2.24) is 15.1 Å². The van der Waals surface area contributed by atoms with Crippen LogP contribution in [0.25, 0.3) is 11.6 Å². The molecule has 0 unspecified atom stereocenters. The van der Waals surface area contributed by atoms with E-state index in [4.69, 9.17) is 19.7 Å². The normalized spacial score (nSPS) is 10.8. The molecule has 2 aromatic rings. The molecule has 7 heteroatoms. The maximum Gasteiger partial charge on any atom is 0.276 e. The zero-order valence-electron chi connectivity index (χ0n) is 10.7. The lowest BCUT2D eigenvalue weighted by molar-refractivity contribution is 0.0714. The SMILES string of the molecule is COCCOCCc1noc(-c2ccc(N)cn2)n1. The van der Waals surface area contributed by atoms with E-state index in [0.29, 0.717) is 49.3 Å². The molecule has 2 aromatic heterocycles. The predicted octanol–water partition coefficient (Wildman–Crippen LogP) is 0.919. The molecule has 0 aliphatic carbocycles. The van der Waals surface area contributed by atoms with Crippen molar-refractivity contribution in [3.05, 3.63) is 24.2 Å². The average molecular weight is 264 g/mol. The Bertz CT molecular complexity index is 498. The third kappa shape index (κ3) is 4.01. The number of hydrogen-bond donors (Lipinski definition) is 1. The highest BCUT2D eigenvalue weighted by molar-refractivity contribution is 5.50. The number of ether oxygens (including phenoxy) is 2. The van der Waals surface area contributed by atoms with Gasteiger partial charge in [0.2, 0.25) is 0 Å². The second-order valence-electron chi connectivity index (χ2n) is 3.85. The summed E-state index contributed by atoms with van der Waals surface area (Å²) in [5.74, 6) is 0.970. The van der Waals surface area contributed by atoms with E-state index in [1.807, 2.05) is 0 Å². The van der Waals surface area contributed by atoms with Gasteiger partial charge in [0.15, 0.2) is 5.82 Å². The topological polar surface area (TPSA) is 96.3 Å². The van der Waals surface area contributed by atoms with Crippen LogP contribution in [-0.4, -0.2) is 42.1 Å². The minimum atomic E-state index is 0.381. The molecule has 2 heterocycles. The molecule has 102 valence electrons. The fraction of sp³-hybridized carbons (Fsp3) is 0.417. The van der Waals surface area contributed by atoms with Crippen LogP contribution in [0.15, 0.2) is 22.9 Å². The standard InChI is InChI=1S/C12H16N4O3/c1-17-6-7-18-5-4-11-15-12(19-16-11)10-3-2-9(13)8-14-10/h2-3,8H,4-7,13H2,1H3. The van der Waals surface area contributed by atoms with Gasteiger partial charge in [-0.2, -0.15) is 4.98 Å². The number of nitrogens with zero attached hydrogens (tertiary/aromatic N) is 3. The van der Waals surface area contributed by atoms with E-state index in [-0.39, 0.29) is 0 Å². The molecule has 7 nitrogen and oxygen atoms in total. The molecule has 0 bridgehead atoms. The van der Waals surface area contributed by atoms with E-state index in [9.17, 15) is 0 Å². The van der Waals surface area contributed by atoms with Crippen molar-refractivity contribution in [2.75, 3.05) is 32.7 Å². The van der Waals surface area contributed by atoms with Gasteiger partial charge in [0.25, 0.3) is 5.89 Å². The fourth-order valence-electron chi connectivity index (χ4n) is 1.40. The molecule has 0 aliphatic rings. The second-order valence-corrected chi connectivity index (χ2v) is 3.85. The van der Waals surface area contributed by atoms with Crippen LogP contribution < -0.4 is 5.73 Å². The molecule has 0 aliphatic heterocycles. The molecule has 19 heavy (non-hydrogen) atoms. The molecule has 0 amide bonds. The van der Waals surface area contributed by atoms with Crippen molar-refractivity contribution in [2.24, 2.45) is 0 Å². The van der Waals surface area contributed by atoms with Crippen LogP contribution in [0.2, 0.25) is 0 Å². The molecule has 2 rings (SSSR count). The summed E-state index contributed by atoms with van der Waals surface area (Å²) in [7, 11) is 1.63. The molecule has 0 saturated carbocycles. The number of anilines is 1. The van der Waals surface area contributed by atoms with Gasteiger partial charge >= 0.3 is 0 Å². The average Bonchev–Trinajstić information content (AvgIpc) is 2.88. The lowest BCUT2D eigenvalue weighted by atomic mass is 10.3. The van der Waals surface area contributed by atoms with Crippen LogP contribution in [-0.2, 0) is 15.9 Å². The van der Waals surface area contributed by atoms with Crippen molar-refractivity contribution < 1.29 is 14.0 Å². The van der Waals surface area contributed by atoms with Crippen LogP contribution in [0.4, 0.5) is 5.69 Å². The first-order chi connectivity index (χ1) is 9.29. The van der Waals surface area contributed by atoms with Crippen molar-refractivity contribution in [2.45, 2.75) is 6.42 Å². The van der Waals surface area contributed by atoms with Gasteiger partial charge in [-0.05, 0) is 12.1 Å². The van der Waals surface area contributed by atoms with Crippen LogP contribution >= 0.6 is 0 Å². The van der Waals surface area contributed by atoms with Crippen LogP contribution in [0, 0.1) is 0 Å². The molecule has 0 aromatic carbocycles. The van der Waals surface area contributed by atoms with Crippen molar-refractivity contribution in [3.63, 3.8) is 0 Å². The zero-order chi connectivity index (χ0) is 13.5. The Morgan fingerprint density at radius 1 is 1.26 bits per heavy atom. The molecule has 0 spiro atoms. The van der Waals surface area contributed by atoms with E-state index >= 15 is 0 Å². The van der Waals surface area contributed by atoms with E-state index in [2.05, 4.69) is 15.1 Å². The number of methoxy groups -OCH3 is 1. The Morgan fingerprint density at radius 2 is 2.16 bits per heavy atom. The summed E-state index contributed by atoms with van der Waals surface area (Å²) in [4.78, 5) is 8.35. The van der Waals surface area contributed by atoms with Crippen LogP contribution in [0.5, 0.6) is 0 Å². The largest absolute Gasteiger partial charge is 0.397 e.